The van der Waals surface area contributed by atoms with Crippen LogP contribution in [0.5, 0.6) is 0 Å². The number of amides is 2. The van der Waals surface area contributed by atoms with Gasteiger partial charge in [0, 0.05) is 25.6 Å². The normalized spacial score (nSPS) is 31.8. The summed E-state index contributed by atoms with van der Waals surface area (Å²) >= 11 is 0. The van der Waals surface area contributed by atoms with Crippen LogP contribution in [0.25, 0.3) is 0 Å². The van der Waals surface area contributed by atoms with E-state index in [4.69, 9.17) is 5.73 Å². The van der Waals surface area contributed by atoms with Gasteiger partial charge < -0.3 is 16.0 Å². The number of carbonyl (C=O) groups is 2. The minimum Gasteiger partial charge on any atom is -0.353 e. The smallest absolute Gasteiger partial charge is 0.242 e. The second-order valence-electron chi connectivity index (χ2n) is 5.11. The molecule has 1 unspecified atom stereocenters. The van der Waals surface area contributed by atoms with Crippen molar-refractivity contribution in [2.75, 3.05) is 13.1 Å². The fraction of sp³-hybridized carbons (Fsp3) is 0.833. The minimum atomic E-state index is -0.339. The predicted molar refractivity (Wildman–Crippen MR) is 71.4 cm³/mol. The van der Waals surface area contributed by atoms with Gasteiger partial charge >= 0.3 is 0 Å². The molecule has 1 saturated carbocycles. The molecule has 3 N–H and O–H groups in total. The zero-order valence-corrected chi connectivity index (χ0v) is 11.5. The number of nitrogens with one attached hydrogen (secondary N) is 1. The quantitative estimate of drug-likeness (QED) is 0.760. The maximum atomic E-state index is 12.1. The van der Waals surface area contributed by atoms with Crippen LogP contribution in [-0.2, 0) is 9.59 Å². The lowest BCUT2D eigenvalue weighted by Crippen LogP contribution is -2.56. The maximum Gasteiger partial charge on any atom is 0.242 e. The Labute approximate surface area is 114 Å². The highest BCUT2D eigenvalue weighted by molar-refractivity contribution is 5.88. The summed E-state index contributed by atoms with van der Waals surface area (Å²) in [5.74, 6) is 0.328. The van der Waals surface area contributed by atoms with Crippen molar-refractivity contribution in [2.24, 2.45) is 11.7 Å². The predicted octanol–water partition coefficient (Wildman–Crippen LogP) is 0.273. The van der Waals surface area contributed by atoms with Gasteiger partial charge in [-0.05, 0) is 25.7 Å². The average Bonchev–Trinajstić information content (AvgIpc) is 2.68. The standard InChI is InChI=1S/C12H21N3O2.ClH/c1-8-12(17)14-5-6-15(8)11(16)7-9-3-2-4-10(9)13;/h8-10H,2-7,13H2,1H3,(H,14,17);1H/t8?,9-,10+;/m0./s1. The highest BCUT2D eigenvalue weighted by Gasteiger charge is 2.32. The van der Waals surface area contributed by atoms with E-state index in [2.05, 4.69) is 5.32 Å². The second-order valence-corrected chi connectivity index (χ2v) is 5.11. The largest absolute Gasteiger partial charge is 0.353 e. The molecule has 1 aliphatic heterocycles. The molecule has 0 radical (unpaired) electrons. The SMILES string of the molecule is CC1C(=O)NCCN1C(=O)C[C@@H]1CCC[C@H]1N.Cl. The molecule has 1 aliphatic carbocycles. The first-order valence-electron chi connectivity index (χ1n) is 6.42. The number of carbonyl (C=O) groups excluding carboxylic acids is 2. The van der Waals surface area contributed by atoms with E-state index in [0.29, 0.717) is 25.4 Å². The van der Waals surface area contributed by atoms with Crippen molar-refractivity contribution in [3.63, 3.8) is 0 Å². The van der Waals surface area contributed by atoms with Crippen molar-refractivity contribution < 1.29 is 9.59 Å². The van der Waals surface area contributed by atoms with Crippen LogP contribution in [0.3, 0.4) is 0 Å². The van der Waals surface area contributed by atoms with E-state index in [1.807, 2.05) is 0 Å². The van der Waals surface area contributed by atoms with Gasteiger partial charge in [-0.25, -0.2) is 0 Å². The number of nitrogens with zero attached hydrogens (tertiary/aromatic N) is 1. The van der Waals surface area contributed by atoms with Gasteiger partial charge in [0.2, 0.25) is 11.8 Å². The molecule has 2 fully saturated rings. The highest BCUT2D eigenvalue weighted by Crippen LogP contribution is 2.27. The molecule has 2 aliphatic rings. The van der Waals surface area contributed by atoms with Crippen LogP contribution in [0.15, 0.2) is 0 Å². The van der Waals surface area contributed by atoms with E-state index in [1.54, 1.807) is 11.8 Å². The average molecular weight is 276 g/mol. The van der Waals surface area contributed by atoms with Crippen molar-refractivity contribution >= 4 is 24.2 Å². The molecule has 18 heavy (non-hydrogen) atoms. The van der Waals surface area contributed by atoms with E-state index >= 15 is 0 Å². The van der Waals surface area contributed by atoms with Gasteiger partial charge in [-0.15, -0.1) is 12.4 Å². The molecule has 104 valence electrons. The Balaban J connectivity index is 0.00000162. The minimum absolute atomic E-state index is 0. The van der Waals surface area contributed by atoms with Crippen LogP contribution < -0.4 is 11.1 Å². The van der Waals surface area contributed by atoms with Crippen LogP contribution in [0, 0.1) is 5.92 Å². The number of piperazine rings is 1. The second kappa shape index (κ2) is 6.38. The zero-order valence-electron chi connectivity index (χ0n) is 10.7. The first-order valence-corrected chi connectivity index (χ1v) is 6.42. The summed E-state index contributed by atoms with van der Waals surface area (Å²) in [4.78, 5) is 25.3. The molecule has 0 spiro atoms. The number of nitrogens with two attached hydrogens (primary N) is 1. The van der Waals surface area contributed by atoms with E-state index < -0.39 is 0 Å². The fourth-order valence-corrected chi connectivity index (χ4v) is 2.78. The van der Waals surface area contributed by atoms with Crippen LogP contribution in [0.2, 0.25) is 0 Å². The Hall–Kier alpha value is -0.810. The Bertz CT molecular complexity index is 324. The van der Waals surface area contributed by atoms with Gasteiger partial charge in [0.25, 0.3) is 0 Å². The van der Waals surface area contributed by atoms with Crippen molar-refractivity contribution in [1.82, 2.24) is 10.2 Å². The van der Waals surface area contributed by atoms with Gasteiger partial charge in [-0.2, -0.15) is 0 Å². The summed E-state index contributed by atoms with van der Waals surface area (Å²) in [5, 5.41) is 2.76. The van der Waals surface area contributed by atoms with Gasteiger partial charge in [0.05, 0.1) is 0 Å². The molecular weight excluding hydrogens is 254 g/mol. The topological polar surface area (TPSA) is 75.4 Å². The lowest BCUT2D eigenvalue weighted by Gasteiger charge is -2.33. The summed E-state index contributed by atoms with van der Waals surface area (Å²) in [7, 11) is 0. The molecule has 2 rings (SSSR count). The van der Waals surface area contributed by atoms with Crippen molar-refractivity contribution in [1.29, 1.82) is 0 Å². The summed E-state index contributed by atoms with van der Waals surface area (Å²) in [6, 6.07) is -0.179. The molecule has 1 heterocycles. The Morgan fingerprint density at radius 3 is 2.83 bits per heavy atom. The first kappa shape index (κ1) is 15.2. The monoisotopic (exact) mass is 275 g/mol. The number of hydrogen-bond donors (Lipinski definition) is 2. The van der Waals surface area contributed by atoms with Crippen molar-refractivity contribution in [2.45, 2.75) is 44.7 Å². The van der Waals surface area contributed by atoms with Crippen molar-refractivity contribution in [3.8, 4) is 0 Å². The molecule has 2 amide bonds. The maximum absolute atomic E-state index is 12.1. The number of rotatable bonds is 2. The lowest BCUT2D eigenvalue weighted by atomic mass is 9.99. The molecule has 0 bridgehead atoms. The van der Waals surface area contributed by atoms with Crippen LogP contribution >= 0.6 is 12.4 Å². The van der Waals surface area contributed by atoms with E-state index in [9.17, 15) is 9.59 Å². The van der Waals surface area contributed by atoms with Gasteiger partial charge in [-0.3, -0.25) is 9.59 Å². The molecular formula is C12H22ClN3O2. The van der Waals surface area contributed by atoms with Crippen LogP contribution in [0.1, 0.15) is 32.6 Å². The van der Waals surface area contributed by atoms with E-state index in [0.717, 1.165) is 19.3 Å². The molecule has 1 saturated heterocycles. The van der Waals surface area contributed by atoms with Crippen LogP contribution in [0.4, 0.5) is 0 Å². The number of hydrogen-bond acceptors (Lipinski definition) is 3. The Morgan fingerprint density at radius 1 is 1.50 bits per heavy atom. The molecule has 0 aromatic heterocycles. The summed E-state index contributed by atoms with van der Waals surface area (Å²) in [5.41, 5.74) is 5.97. The molecule has 0 aromatic carbocycles. The molecule has 5 nitrogen and oxygen atoms in total. The summed E-state index contributed by atoms with van der Waals surface area (Å²) in [6.45, 7) is 2.96. The third-order valence-corrected chi connectivity index (χ3v) is 3.97. The van der Waals surface area contributed by atoms with E-state index in [-0.39, 0.29) is 36.3 Å². The summed E-state index contributed by atoms with van der Waals surface area (Å²) in [6.07, 6.45) is 3.68. The van der Waals surface area contributed by atoms with Crippen molar-refractivity contribution in [3.05, 3.63) is 0 Å². The van der Waals surface area contributed by atoms with Gasteiger partial charge in [-0.1, -0.05) is 6.42 Å². The fourth-order valence-electron chi connectivity index (χ4n) is 2.78. The zero-order chi connectivity index (χ0) is 12.4. The van der Waals surface area contributed by atoms with Gasteiger partial charge in [0.1, 0.15) is 6.04 Å². The Kier molecular flexibility index (Phi) is 5.41. The lowest BCUT2D eigenvalue weighted by molar-refractivity contribution is -0.143. The first-order chi connectivity index (χ1) is 8.09. The third kappa shape index (κ3) is 3.14. The molecule has 3 atom stereocenters. The third-order valence-electron chi connectivity index (χ3n) is 3.97. The van der Waals surface area contributed by atoms with Crippen LogP contribution in [-0.4, -0.2) is 41.9 Å². The number of halogens is 1. The summed E-state index contributed by atoms with van der Waals surface area (Å²) < 4.78 is 0. The molecule has 0 aromatic rings. The van der Waals surface area contributed by atoms with E-state index in [1.165, 1.54) is 0 Å². The Morgan fingerprint density at radius 2 is 2.22 bits per heavy atom. The van der Waals surface area contributed by atoms with Gasteiger partial charge in [0.15, 0.2) is 0 Å². The molecule has 6 heteroatoms. The highest BCUT2D eigenvalue weighted by atomic mass is 35.5.